The summed E-state index contributed by atoms with van der Waals surface area (Å²) >= 11 is 0. The summed E-state index contributed by atoms with van der Waals surface area (Å²) in [6.07, 6.45) is 12.5. The minimum absolute atomic E-state index is 0.254. The molecule has 0 saturated carbocycles. The Morgan fingerprint density at radius 3 is 1.96 bits per heavy atom. The zero-order valence-corrected chi connectivity index (χ0v) is 16.0. The van der Waals surface area contributed by atoms with Crippen LogP contribution in [0.5, 0.6) is 0 Å². The van der Waals surface area contributed by atoms with Crippen LogP contribution in [-0.4, -0.2) is 35.6 Å². The van der Waals surface area contributed by atoms with Gasteiger partial charge in [0.15, 0.2) is 0 Å². The quantitative estimate of drug-likeness (QED) is 0.417. The Bertz CT molecular complexity index is 394. The van der Waals surface area contributed by atoms with Crippen molar-refractivity contribution >= 4 is 0 Å². The van der Waals surface area contributed by atoms with Crippen LogP contribution >= 0.6 is 0 Å². The second kappa shape index (κ2) is 15.4. The summed E-state index contributed by atoms with van der Waals surface area (Å²) < 4.78 is 5.86. The molecule has 0 spiro atoms. The van der Waals surface area contributed by atoms with Crippen molar-refractivity contribution in [2.45, 2.75) is 89.8 Å². The van der Waals surface area contributed by atoms with Crippen molar-refractivity contribution in [3.8, 4) is 0 Å². The van der Waals surface area contributed by atoms with Gasteiger partial charge in [-0.1, -0.05) is 95.0 Å². The van der Waals surface area contributed by atoms with E-state index in [1.165, 1.54) is 57.8 Å². The van der Waals surface area contributed by atoms with Gasteiger partial charge in [-0.3, -0.25) is 0 Å². The lowest BCUT2D eigenvalue weighted by Crippen LogP contribution is -2.34. The summed E-state index contributed by atoms with van der Waals surface area (Å²) in [6.45, 7) is 2.66. The van der Waals surface area contributed by atoms with Gasteiger partial charge in [0.2, 0.25) is 0 Å². The molecular weight excluding hydrogens is 312 g/mol. The van der Waals surface area contributed by atoms with E-state index in [0.29, 0.717) is 13.0 Å². The Kier molecular flexibility index (Phi) is 13.6. The number of unbranched alkanes of at least 4 members (excludes halogenated alkanes) is 9. The molecule has 144 valence electrons. The zero-order chi connectivity index (χ0) is 18.2. The number of benzene rings is 1. The summed E-state index contributed by atoms with van der Waals surface area (Å²) in [5.74, 6) is 0. The van der Waals surface area contributed by atoms with E-state index >= 15 is 0 Å². The third kappa shape index (κ3) is 11.4. The maximum atomic E-state index is 9.97. The second-order valence-corrected chi connectivity index (χ2v) is 7.03. The van der Waals surface area contributed by atoms with Crippen LogP contribution in [0.1, 0.15) is 76.7 Å². The number of hydrogen-bond donors (Lipinski definition) is 2. The lowest BCUT2D eigenvalue weighted by atomic mass is 10.0. The molecule has 2 atom stereocenters. The molecule has 3 nitrogen and oxygen atoms in total. The van der Waals surface area contributed by atoms with E-state index in [-0.39, 0.29) is 12.7 Å². The van der Waals surface area contributed by atoms with E-state index in [1.54, 1.807) is 0 Å². The molecule has 1 aromatic rings. The van der Waals surface area contributed by atoms with Gasteiger partial charge < -0.3 is 14.9 Å². The van der Waals surface area contributed by atoms with Crippen LogP contribution in [0.25, 0.3) is 0 Å². The first kappa shape index (κ1) is 22.1. The topological polar surface area (TPSA) is 49.7 Å². The second-order valence-electron chi connectivity index (χ2n) is 7.03. The molecule has 25 heavy (non-hydrogen) atoms. The molecule has 0 bridgehead atoms. The third-order valence-electron chi connectivity index (χ3n) is 4.73. The average Bonchev–Trinajstić information content (AvgIpc) is 2.65. The summed E-state index contributed by atoms with van der Waals surface area (Å²) in [4.78, 5) is 0. The van der Waals surface area contributed by atoms with E-state index in [2.05, 4.69) is 6.92 Å². The summed E-state index contributed by atoms with van der Waals surface area (Å²) in [5, 5.41) is 19.2. The molecule has 1 aromatic carbocycles. The van der Waals surface area contributed by atoms with E-state index in [4.69, 9.17) is 4.74 Å². The SMILES string of the molecule is CCCCCCCCCCCCOC(Cc1ccccc1)C(O)CO. The van der Waals surface area contributed by atoms with Crippen LogP contribution in [0.15, 0.2) is 30.3 Å². The van der Waals surface area contributed by atoms with Crippen LogP contribution in [0, 0.1) is 0 Å². The first-order chi connectivity index (χ1) is 12.3. The Balaban J connectivity index is 2.08. The van der Waals surface area contributed by atoms with Crippen molar-refractivity contribution in [2.24, 2.45) is 0 Å². The van der Waals surface area contributed by atoms with Crippen molar-refractivity contribution in [2.75, 3.05) is 13.2 Å². The summed E-state index contributed by atoms with van der Waals surface area (Å²) in [6, 6.07) is 10.0. The minimum Gasteiger partial charge on any atom is -0.394 e. The lowest BCUT2D eigenvalue weighted by Gasteiger charge is -2.22. The molecule has 0 fully saturated rings. The van der Waals surface area contributed by atoms with E-state index < -0.39 is 6.10 Å². The Labute approximate surface area is 154 Å². The lowest BCUT2D eigenvalue weighted by molar-refractivity contribution is -0.0580. The van der Waals surface area contributed by atoms with Gasteiger partial charge in [-0.15, -0.1) is 0 Å². The van der Waals surface area contributed by atoms with Crippen molar-refractivity contribution in [3.63, 3.8) is 0 Å². The molecule has 0 aromatic heterocycles. The number of hydrogen-bond acceptors (Lipinski definition) is 3. The monoisotopic (exact) mass is 350 g/mol. The van der Waals surface area contributed by atoms with Gasteiger partial charge in [0.05, 0.1) is 12.7 Å². The highest BCUT2D eigenvalue weighted by Crippen LogP contribution is 2.13. The maximum Gasteiger partial charge on any atom is 0.103 e. The van der Waals surface area contributed by atoms with Crippen LogP contribution in [0.2, 0.25) is 0 Å². The molecule has 1 rings (SSSR count). The molecule has 0 saturated heterocycles. The predicted octanol–water partition coefficient (Wildman–Crippen LogP) is 4.89. The standard InChI is InChI=1S/C22H38O3/c1-2-3-4-5-6-7-8-9-10-14-17-25-22(21(24)19-23)18-20-15-12-11-13-16-20/h11-13,15-16,21-24H,2-10,14,17-19H2,1H3. The maximum absolute atomic E-state index is 9.97. The van der Waals surface area contributed by atoms with Crippen LogP contribution in [0.4, 0.5) is 0 Å². The van der Waals surface area contributed by atoms with Gasteiger partial charge in [-0.2, -0.15) is 0 Å². The minimum atomic E-state index is -0.816. The van der Waals surface area contributed by atoms with E-state index in [9.17, 15) is 10.2 Å². The molecule has 0 aliphatic heterocycles. The summed E-state index contributed by atoms with van der Waals surface area (Å²) in [5.41, 5.74) is 1.13. The molecule has 0 heterocycles. The fraction of sp³-hybridized carbons (Fsp3) is 0.727. The van der Waals surface area contributed by atoms with Gasteiger partial charge in [-0.05, 0) is 12.0 Å². The van der Waals surface area contributed by atoms with Crippen molar-refractivity contribution in [1.82, 2.24) is 0 Å². The Morgan fingerprint density at radius 2 is 1.40 bits per heavy atom. The first-order valence-corrected chi connectivity index (χ1v) is 10.2. The largest absolute Gasteiger partial charge is 0.394 e. The average molecular weight is 351 g/mol. The normalized spacial score (nSPS) is 13.7. The molecule has 2 N–H and O–H groups in total. The van der Waals surface area contributed by atoms with Crippen LogP contribution in [0.3, 0.4) is 0 Å². The first-order valence-electron chi connectivity index (χ1n) is 10.2. The van der Waals surface area contributed by atoms with Crippen LogP contribution in [-0.2, 0) is 11.2 Å². The number of rotatable bonds is 16. The zero-order valence-electron chi connectivity index (χ0n) is 16.0. The number of ether oxygens (including phenoxy) is 1. The van der Waals surface area contributed by atoms with E-state index in [1.807, 2.05) is 30.3 Å². The van der Waals surface area contributed by atoms with Gasteiger partial charge in [-0.25, -0.2) is 0 Å². The number of aliphatic hydroxyl groups is 2. The smallest absolute Gasteiger partial charge is 0.103 e. The molecule has 0 radical (unpaired) electrons. The molecule has 0 amide bonds. The summed E-state index contributed by atoms with van der Waals surface area (Å²) in [7, 11) is 0. The fourth-order valence-corrected chi connectivity index (χ4v) is 3.09. The molecular formula is C22H38O3. The highest BCUT2D eigenvalue weighted by Gasteiger charge is 2.19. The van der Waals surface area contributed by atoms with Gasteiger partial charge in [0, 0.05) is 13.0 Å². The molecule has 3 heteroatoms. The molecule has 0 aliphatic rings. The van der Waals surface area contributed by atoms with Crippen molar-refractivity contribution < 1.29 is 14.9 Å². The van der Waals surface area contributed by atoms with Gasteiger partial charge in [0.25, 0.3) is 0 Å². The Hall–Kier alpha value is -0.900. The molecule has 2 unspecified atom stereocenters. The van der Waals surface area contributed by atoms with Gasteiger partial charge >= 0.3 is 0 Å². The third-order valence-corrected chi connectivity index (χ3v) is 4.73. The van der Waals surface area contributed by atoms with Crippen molar-refractivity contribution in [3.05, 3.63) is 35.9 Å². The predicted molar refractivity (Wildman–Crippen MR) is 105 cm³/mol. The van der Waals surface area contributed by atoms with Crippen LogP contribution < -0.4 is 0 Å². The van der Waals surface area contributed by atoms with Crippen molar-refractivity contribution in [1.29, 1.82) is 0 Å². The highest BCUT2D eigenvalue weighted by molar-refractivity contribution is 5.15. The Morgan fingerprint density at radius 1 is 0.840 bits per heavy atom. The number of aliphatic hydroxyl groups excluding tert-OH is 2. The van der Waals surface area contributed by atoms with E-state index in [0.717, 1.165) is 12.0 Å². The fourth-order valence-electron chi connectivity index (χ4n) is 3.09. The highest BCUT2D eigenvalue weighted by atomic mass is 16.5. The van der Waals surface area contributed by atoms with Gasteiger partial charge in [0.1, 0.15) is 6.10 Å². The molecule has 0 aliphatic carbocycles.